The number of halogens is 1. The van der Waals surface area contributed by atoms with Crippen LogP contribution in [0.1, 0.15) is 11.1 Å². The van der Waals surface area contributed by atoms with Crippen molar-refractivity contribution in [2.75, 3.05) is 10.0 Å². The zero-order chi connectivity index (χ0) is 18.7. The summed E-state index contributed by atoms with van der Waals surface area (Å²) in [6.07, 6.45) is 1.49. The molecule has 0 saturated heterocycles. The first-order valence-electron chi connectivity index (χ1n) is 7.93. The van der Waals surface area contributed by atoms with Crippen LogP contribution in [0.4, 0.5) is 21.6 Å². The van der Waals surface area contributed by atoms with Gasteiger partial charge in [0.15, 0.2) is 5.82 Å². The number of anilines is 3. The summed E-state index contributed by atoms with van der Waals surface area (Å²) < 4.78 is 41.2. The molecule has 134 valence electrons. The monoisotopic (exact) mass is 371 g/mol. The molecule has 1 heterocycles. The van der Waals surface area contributed by atoms with Crippen molar-refractivity contribution in [3.05, 3.63) is 77.7 Å². The van der Waals surface area contributed by atoms with Crippen molar-refractivity contribution < 1.29 is 12.8 Å². The van der Waals surface area contributed by atoms with Gasteiger partial charge in [-0.05, 0) is 73.5 Å². The Bertz CT molecular complexity index is 1030. The molecule has 0 aliphatic rings. The quantitative estimate of drug-likeness (QED) is 0.698. The van der Waals surface area contributed by atoms with E-state index in [-0.39, 0.29) is 16.5 Å². The van der Waals surface area contributed by atoms with Crippen molar-refractivity contribution in [2.45, 2.75) is 18.7 Å². The van der Waals surface area contributed by atoms with E-state index in [1.807, 2.05) is 19.9 Å². The first-order chi connectivity index (χ1) is 12.3. The highest BCUT2D eigenvalue weighted by molar-refractivity contribution is 7.92. The van der Waals surface area contributed by atoms with E-state index in [1.165, 1.54) is 36.5 Å². The molecule has 0 radical (unpaired) electrons. The van der Waals surface area contributed by atoms with Crippen LogP contribution in [0.25, 0.3) is 0 Å². The van der Waals surface area contributed by atoms with E-state index in [4.69, 9.17) is 0 Å². The highest BCUT2D eigenvalue weighted by atomic mass is 32.2. The summed E-state index contributed by atoms with van der Waals surface area (Å²) in [5, 5.41) is 2.92. The molecular weight excluding hydrogens is 353 g/mol. The molecule has 0 saturated carbocycles. The van der Waals surface area contributed by atoms with Crippen molar-refractivity contribution in [1.82, 2.24) is 4.98 Å². The van der Waals surface area contributed by atoms with Crippen molar-refractivity contribution in [3.63, 3.8) is 0 Å². The molecule has 3 aromatic rings. The van der Waals surface area contributed by atoms with E-state index in [1.54, 1.807) is 18.2 Å². The van der Waals surface area contributed by atoms with Crippen LogP contribution >= 0.6 is 0 Å². The van der Waals surface area contributed by atoms with Gasteiger partial charge in [-0.15, -0.1) is 0 Å². The number of pyridine rings is 1. The second-order valence-corrected chi connectivity index (χ2v) is 7.54. The van der Waals surface area contributed by atoms with Crippen LogP contribution in [0.3, 0.4) is 0 Å². The van der Waals surface area contributed by atoms with Gasteiger partial charge in [-0.3, -0.25) is 4.72 Å². The molecule has 7 heteroatoms. The molecule has 3 rings (SSSR count). The maximum absolute atomic E-state index is 13.0. The lowest BCUT2D eigenvalue weighted by Crippen LogP contribution is -2.15. The molecular formula is C19H18FN3O2S. The van der Waals surface area contributed by atoms with E-state index < -0.39 is 10.0 Å². The van der Waals surface area contributed by atoms with E-state index in [0.29, 0.717) is 11.4 Å². The third-order valence-corrected chi connectivity index (χ3v) is 5.34. The van der Waals surface area contributed by atoms with Gasteiger partial charge in [0.1, 0.15) is 10.7 Å². The molecule has 0 aliphatic heterocycles. The van der Waals surface area contributed by atoms with Crippen LogP contribution in [0.5, 0.6) is 0 Å². The van der Waals surface area contributed by atoms with Crippen LogP contribution in [0.15, 0.2) is 65.7 Å². The Hall–Kier alpha value is -2.93. The van der Waals surface area contributed by atoms with Gasteiger partial charge in [0.25, 0.3) is 10.0 Å². The topological polar surface area (TPSA) is 71.1 Å². The summed E-state index contributed by atoms with van der Waals surface area (Å²) in [6.45, 7) is 3.87. The van der Waals surface area contributed by atoms with Crippen molar-refractivity contribution in [3.8, 4) is 0 Å². The van der Waals surface area contributed by atoms with Gasteiger partial charge in [-0.2, -0.15) is 0 Å². The number of sulfonamides is 1. The van der Waals surface area contributed by atoms with Crippen molar-refractivity contribution in [1.29, 1.82) is 0 Å². The summed E-state index contributed by atoms with van der Waals surface area (Å²) >= 11 is 0. The molecule has 0 fully saturated rings. The molecule has 0 unspecified atom stereocenters. The maximum Gasteiger partial charge on any atom is 0.265 e. The lowest BCUT2D eigenvalue weighted by Gasteiger charge is -2.13. The zero-order valence-corrected chi connectivity index (χ0v) is 15.1. The average Bonchev–Trinajstić information content (AvgIpc) is 2.60. The van der Waals surface area contributed by atoms with Gasteiger partial charge in [0, 0.05) is 17.6 Å². The number of nitrogens with one attached hydrogen (secondary N) is 2. The van der Waals surface area contributed by atoms with Crippen LogP contribution in [-0.2, 0) is 10.0 Å². The number of aromatic nitrogens is 1. The van der Waals surface area contributed by atoms with Crippen molar-refractivity contribution >= 4 is 27.2 Å². The molecule has 0 aliphatic carbocycles. The summed E-state index contributed by atoms with van der Waals surface area (Å²) in [5.41, 5.74) is 3.08. The van der Waals surface area contributed by atoms with Crippen LogP contribution in [-0.4, -0.2) is 13.4 Å². The number of hydrogen-bond acceptors (Lipinski definition) is 4. The molecule has 1 aromatic heterocycles. The minimum absolute atomic E-state index is 0.00236. The van der Waals surface area contributed by atoms with Gasteiger partial charge in [0.05, 0.1) is 0 Å². The number of rotatable bonds is 5. The molecule has 0 amide bonds. The second kappa shape index (κ2) is 7.13. The summed E-state index contributed by atoms with van der Waals surface area (Å²) in [6, 6.07) is 13.9. The smallest absolute Gasteiger partial charge is 0.265 e. The van der Waals surface area contributed by atoms with Gasteiger partial charge in [-0.1, -0.05) is 6.07 Å². The first kappa shape index (κ1) is 17.9. The van der Waals surface area contributed by atoms with E-state index >= 15 is 0 Å². The normalized spacial score (nSPS) is 11.2. The summed E-state index contributed by atoms with van der Waals surface area (Å²) in [5.74, 6) is -0.212. The van der Waals surface area contributed by atoms with Gasteiger partial charge >= 0.3 is 0 Å². The fourth-order valence-corrected chi connectivity index (χ4v) is 3.55. The number of aryl methyl sites for hydroxylation is 2. The Labute approximate surface area is 152 Å². The molecule has 26 heavy (non-hydrogen) atoms. The lowest BCUT2D eigenvalue weighted by molar-refractivity contribution is 0.601. The SMILES string of the molecule is Cc1ccc(NS(=O)(=O)c2cccnc2Nc2ccc(F)cc2)cc1C. The van der Waals surface area contributed by atoms with Gasteiger partial charge in [-0.25, -0.2) is 17.8 Å². The van der Waals surface area contributed by atoms with E-state index in [0.717, 1.165) is 11.1 Å². The number of nitrogens with zero attached hydrogens (tertiary/aromatic N) is 1. The molecule has 2 aromatic carbocycles. The molecule has 5 nitrogen and oxygen atoms in total. The average molecular weight is 371 g/mol. The molecule has 0 bridgehead atoms. The standard InChI is InChI=1S/C19H18FN3O2S/c1-13-5-8-17(12-14(13)2)23-26(24,25)18-4-3-11-21-19(18)22-16-9-6-15(20)7-10-16/h3-12,23H,1-2H3,(H,21,22). The van der Waals surface area contributed by atoms with E-state index in [2.05, 4.69) is 15.0 Å². The minimum Gasteiger partial charge on any atom is -0.339 e. The van der Waals surface area contributed by atoms with E-state index in [9.17, 15) is 12.8 Å². The zero-order valence-electron chi connectivity index (χ0n) is 14.3. The van der Waals surface area contributed by atoms with Gasteiger partial charge < -0.3 is 5.32 Å². The minimum atomic E-state index is -3.85. The molecule has 0 atom stereocenters. The fraction of sp³-hybridized carbons (Fsp3) is 0.105. The third-order valence-electron chi connectivity index (χ3n) is 3.93. The Morgan fingerprint density at radius 3 is 2.31 bits per heavy atom. The Morgan fingerprint density at radius 2 is 1.62 bits per heavy atom. The largest absolute Gasteiger partial charge is 0.339 e. The number of benzene rings is 2. The predicted octanol–water partition coefficient (Wildman–Crippen LogP) is 4.38. The van der Waals surface area contributed by atoms with Crippen molar-refractivity contribution in [2.24, 2.45) is 0 Å². The molecule has 2 N–H and O–H groups in total. The lowest BCUT2D eigenvalue weighted by atomic mass is 10.1. The highest BCUT2D eigenvalue weighted by Crippen LogP contribution is 2.25. The third kappa shape index (κ3) is 4.00. The second-order valence-electron chi connectivity index (χ2n) is 5.89. The maximum atomic E-state index is 13.0. The Balaban J connectivity index is 1.92. The van der Waals surface area contributed by atoms with Crippen LogP contribution < -0.4 is 10.0 Å². The highest BCUT2D eigenvalue weighted by Gasteiger charge is 2.20. The first-order valence-corrected chi connectivity index (χ1v) is 9.41. The van der Waals surface area contributed by atoms with Gasteiger partial charge in [0.2, 0.25) is 0 Å². The predicted molar refractivity (Wildman–Crippen MR) is 101 cm³/mol. The summed E-state index contributed by atoms with van der Waals surface area (Å²) in [7, 11) is -3.85. The summed E-state index contributed by atoms with van der Waals surface area (Å²) in [4.78, 5) is 4.11. The van der Waals surface area contributed by atoms with Crippen LogP contribution in [0.2, 0.25) is 0 Å². The molecule has 0 spiro atoms. The fourth-order valence-electron chi connectivity index (χ4n) is 2.39. The number of hydrogen-bond donors (Lipinski definition) is 2. The van der Waals surface area contributed by atoms with Crippen LogP contribution in [0, 0.1) is 19.7 Å². The Morgan fingerprint density at radius 1 is 0.923 bits per heavy atom. The Kier molecular flexibility index (Phi) is 4.90.